The molecule has 0 fully saturated rings. The molecule has 1 aromatic heterocycles. The molecule has 3 N–H and O–H groups in total. The first-order chi connectivity index (χ1) is 21.7. The van der Waals surface area contributed by atoms with E-state index in [2.05, 4.69) is 114 Å². The minimum atomic E-state index is 0.436. The lowest BCUT2D eigenvalue weighted by atomic mass is 9.80. The van der Waals surface area contributed by atoms with Crippen LogP contribution in [-0.2, 0) is 0 Å². The molecule has 0 bridgehead atoms. The zero-order valence-electron chi connectivity index (χ0n) is 27.3. The first-order valence-corrected chi connectivity index (χ1v) is 16.8. The van der Waals surface area contributed by atoms with Crippen molar-refractivity contribution in [3.8, 4) is 11.1 Å². The quantitative estimate of drug-likeness (QED) is 0.224. The minimum absolute atomic E-state index is 0.436. The van der Waals surface area contributed by atoms with Crippen LogP contribution >= 0.6 is 0 Å². The molecule has 3 heteroatoms. The summed E-state index contributed by atoms with van der Waals surface area (Å²) in [6.07, 6.45) is 27.1. The lowest BCUT2D eigenvalue weighted by Crippen LogP contribution is -2.09. The van der Waals surface area contributed by atoms with Gasteiger partial charge in [0, 0.05) is 29.8 Å². The summed E-state index contributed by atoms with van der Waals surface area (Å²) in [5.41, 5.74) is 20.3. The number of nitrogens with two attached hydrogens (primary N) is 1. The molecule has 0 saturated carbocycles. The Morgan fingerprint density at radius 3 is 2.57 bits per heavy atom. The van der Waals surface area contributed by atoms with E-state index in [1.807, 2.05) is 27.7 Å². The van der Waals surface area contributed by atoms with E-state index in [9.17, 15) is 0 Å². The standard InChI is InChI=1S/C37H37N3.2C2H6/c1-2-3-5-14-26(27-20-21-32-29-16-9-8-15-28(29)31-18-10-17-30(27)35(31)32)24-40-36(38)34(23-25-12-6-4-7-13-25)33-19-11-22-39-37(33)40;2*1-2/h4-6,8-11,14-20,23-24,32,39H,2-3,7,12-13,21-22,38H2,1H3;2*1-2H3/b14-5-,25-23+,26-24+;;. The average molecular weight is 584 g/mol. The highest BCUT2D eigenvalue weighted by atomic mass is 15.2. The number of hydrogen-bond donors (Lipinski definition) is 2. The SMILES string of the molecule is CC.CC.CCC/C=C\C(=C/n1c(N)c(/C=C2\CC=CCC2)c2c1NCC=C2)C1=CCC2c3ccccc3-c3cccc1c32. The van der Waals surface area contributed by atoms with E-state index in [4.69, 9.17) is 5.73 Å². The largest absolute Gasteiger partial charge is 0.384 e. The van der Waals surface area contributed by atoms with Crippen molar-refractivity contribution in [1.29, 1.82) is 0 Å². The molecule has 0 amide bonds. The highest BCUT2D eigenvalue weighted by Crippen LogP contribution is 2.53. The normalized spacial score (nSPS) is 18.4. The van der Waals surface area contributed by atoms with Crippen LogP contribution in [0.3, 0.4) is 0 Å². The number of fused-ring (bicyclic) bond motifs is 4. The van der Waals surface area contributed by atoms with E-state index < -0.39 is 0 Å². The lowest BCUT2D eigenvalue weighted by molar-refractivity contribution is 0.839. The summed E-state index contributed by atoms with van der Waals surface area (Å²) in [5.74, 6) is 2.32. The number of hydrogen-bond acceptors (Lipinski definition) is 2. The Kier molecular flexibility index (Phi) is 10.3. The predicted octanol–water partition coefficient (Wildman–Crippen LogP) is 11.5. The fourth-order valence-corrected chi connectivity index (χ4v) is 6.87. The van der Waals surface area contributed by atoms with Crippen LogP contribution in [0.1, 0.15) is 107 Å². The van der Waals surface area contributed by atoms with Gasteiger partial charge in [0.1, 0.15) is 11.6 Å². The number of nitrogens with one attached hydrogen (secondary N) is 1. The molecule has 3 aliphatic carbocycles. The average Bonchev–Trinajstić information content (AvgIpc) is 3.56. The van der Waals surface area contributed by atoms with Crippen molar-refractivity contribution in [3.05, 3.63) is 118 Å². The van der Waals surface area contributed by atoms with Gasteiger partial charge in [0.15, 0.2) is 0 Å². The maximum atomic E-state index is 6.98. The van der Waals surface area contributed by atoms with Crippen molar-refractivity contribution >= 4 is 35.6 Å². The number of nitrogen functional groups attached to an aromatic ring is 1. The molecular weight excluding hydrogens is 534 g/mol. The third-order valence-corrected chi connectivity index (χ3v) is 8.78. The van der Waals surface area contributed by atoms with Gasteiger partial charge in [-0.2, -0.15) is 0 Å². The number of unbranched alkanes of at least 4 members (excludes halogenated alkanes) is 1. The van der Waals surface area contributed by atoms with E-state index in [0.29, 0.717) is 5.92 Å². The summed E-state index contributed by atoms with van der Waals surface area (Å²) in [4.78, 5) is 0. The van der Waals surface area contributed by atoms with E-state index in [1.165, 1.54) is 50.1 Å². The van der Waals surface area contributed by atoms with Crippen LogP contribution in [0.2, 0.25) is 0 Å². The van der Waals surface area contributed by atoms with Gasteiger partial charge in [-0.15, -0.1) is 0 Å². The van der Waals surface area contributed by atoms with Gasteiger partial charge in [-0.1, -0.05) is 138 Å². The molecule has 7 rings (SSSR count). The molecule has 0 radical (unpaired) electrons. The third kappa shape index (κ3) is 5.80. The van der Waals surface area contributed by atoms with Gasteiger partial charge >= 0.3 is 0 Å². The van der Waals surface area contributed by atoms with Crippen LogP contribution in [0, 0.1) is 0 Å². The second-order valence-corrected chi connectivity index (χ2v) is 11.3. The van der Waals surface area contributed by atoms with Crippen molar-refractivity contribution in [2.75, 3.05) is 17.6 Å². The molecule has 1 atom stereocenters. The van der Waals surface area contributed by atoms with Gasteiger partial charge in [-0.05, 0) is 71.1 Å². The Bertz CT molecular complexity index is 1670. The maximum absolute atomic E-state index is 6.98. The van der Waals surface area contributed by atoms with Gasteiger partial charge in [-0.25, -0.2) is 0 Å². The van der Waals surface area contributed by atoms with Crippen molar-refractivity contribution < 1.29 is 0 Å². The Labute approximate surface area is 265 Å². The molecule has 1 unspecified atom stereocenters. The number of aromatic nitrogens is 1. The monoisotopic (exact) mass is 583 g/mol. The second kappa shape index (κ2) is 14.5. The molecule has 2 aromatic carbocycles. The Morgan fingerprint density at radius 1 is 0.977 bits per heavy atom. The molecule has 3 nitrogen and oxygen atoms in total. The Morgan fingerprint density at radius 2 is 1.77 bits per heavy atom. The highest BCUT2D eigenvalue weighted by molar-refractivity contribution is 5.95. The molecule has 0 spiro atoms. The summed E-state index contributed by atoms with van der Waals surface area (Å²) in [5, 5.41) is 3.63. The van der Waals surface area contributed by atoms with Gasteiger partial charge < -0.3 is 11.1 Å². The van der Waals surface area contributed by atoms with Gasteiger partial charge in [0.05, 0.1) is 0 Å². The topological polar surface area (TPSA) is 43.0 Å². The van der Waals surface area contributed by atoms with Crippen LogP contribution in [-0.4, -0.2) is 11.1 Å². The maximum Gasteiger partial charge on any atom is 0.120 e. The molecular formula is C41H49N3. The predicted molar refractivity (Wildman–Crippen MR) is 195 cm³/mol. The fourth-order valence-electron chi connectivity index (χ4n) is 6.87. The molecule has 1 aliphatic heterocycles. The number of rotatable bonds is 6. The molecule has 2 heterocycles. The molecule has 4 aliphatic rings. The molecule has 3 aromatic rings. The van der Waals surface area contributed by atoms with Crippen molar-refractivity contribution in [1.82, 2.24) is 4.57 Å². The number of nitrogens with zero attached hydrogens (tertiary/aromatic N) is 1. The van der Waals surface area contributed by atoms with E-state index in [1.54, 1.807) is 0 Å². The molecule has 0 saturated heterocycles. The molecule has 228 valence electrons. The molecule has 44 heavy (non-hydrogen) atoms. The minimum Gasteiger partial charge on any atom is -0.384 e. The first-order valence-electron chi connectivity index (χ1n) is 16.8. The summed E-state index contributed by atoms with van der Waals surface area (Å²) in [6.45, 7) is 11.0. The zero-order valence-corrected chi connectivity index (χ0v) is 27.3. The van der Waals surface area contributed by atoms with Gasteiger partial charge in [-0.3, -0.25) is 4.57 Å². The van der Waals surface area contributed by atoms with E-state index in [-0.39, 0.29) is 0 Å². The number of benzene rings is 2. The highest BCUT2D eigenvalue weighted by Gasteiger charge is 2.33. The number of anilines is 2. The first kappa shape index (κ1) is 31.2. The summed E-state index contributed by atoms with van der Waals surface area (Å²) < 4.78 is 2.19. The number of allylic oxidation sites excluding steroid dienone is 8. The third-order valence-electron chi connectivity index (χ3n) is 8.78. The van der Waals surface area contributed by atoms with Crippen LogP contribution in [0.5, 0.6) is 0 Å². The van der Waals surface area contributed by atoms with E-state index in [0.717, 1.165) is 62.3 Å². The summed E-state index contributed by atoms with van der Waals surface area (Å²) in [7, 11) is 0. The van der Waals surface area contributed by atoms with Gasteiger partial charge in [0.25, 0.3) is 0 Å². The Hall–Kier alpha value is -4.24. The van der Waals surface area contributed by atoms with Crippen molar-refractivity contribution in [2.24, 2.45) is 0 Å². The zero-order chi connectivity index (χ0) is 31.1. The Balaban J connectivity index is 0.000000924. The smallest absolute Gasteiger partial charge is 0.120 e. The van der Waals surface area contributed by atoms with E-state index >= 15 is 0 Å². The van der Waals surface area contributed by atoms with Crippen molar-refractivity contribution in [2.45, 2.75) is 79.1 Å². The lowest BCUT2D eigenvalue weighted by Gasteiger charge is -2.24. The van der Waals surface area contributed by atoms with Crippen LogP contribution < -0.4 is 11.1 Å². The van der Waals surface area contributed by atoms with Crippen LogP contribution in [0.15, 0.2) is 90.1 Å². The van der Waals surface area contributed by atoms with Gasteiger partial charge in [0.2, 0.25) is 0 Å². The summed E-state index contributed by atoms with van der Waals surface area (Å²) in [6, 6.07) is 15.8. The fraction of sp³-hybridized carbons (Fsp3) is 0.317. The summed E-state index contributed by atoms with van der Waals surface area (Å²) >= 11 is 0. The van der Waals surface area contributed by atoms with Crippen molar-refractivity contribution in [3.63, 3.8) is 0 Å². The van der Waals surface area contributed by atoms with Crippen LogP contribution in [0.25, 0.3) is 35.1 Å². The second-order valence-electron chi connectivity index (χ2n) is 11.3. The van der Waals surface area contributed by atoms with Crippen LogP contribution in [0.4, 0.5) is 11.6 Å².